The highest BCUT2D eigenvalue weighted by Crippen LogP contribution is 2.36. The summed E-state index contributed by atoms with van der Waals surface area (Å²) in [6.45, 7) is 3.48. The van der Waals surface area contributed by atoms with Crippen molar-refractivity contribution in [1.82, 2.24) is 4.57 Å². The first-order valence-electron chi connectivity index (χ1n) is 9.19. The molecule has 1 aliphatic carbocycles. The summed E-state index contributed by atoms with van der Waals surface area (Å²) in [5.74, 6) is 0.706. The van der Waals surface area contributed by atoms with Gasteiger partial charge in [0.25, 0.3) is 5.56 Å². The zero-order valence-corrected chi connectivity index (χ0v) is 17.0. The number of sulfone groups is 1. The monoisotopic (exact) mass is 404 g/mol. The van der Waals surface area contributed by atoms with Gasteiger partial charge in [-0.25, -0.2) is 8.42 Å². The van der Waals surface area contributed by atoms with Crippen molar-refractivity contribution >= 4 is 21.4 Å². The summed E-state index contributed by atoms with van der Waals surface area (Å²) in [5, 5.41) is 2.53. The van der Waals surface area contributed by atoms with Crippen molar-refractivity contribution in [1.29, 1.82) is 0 Å². The third kappa shape index (κ3) is 4.44. The summed E-state index contributed by atoms with van der Waals surface area (Å²) < 4.78 is 32.0. The number of rotatable bonds is 7. The molecule has 3 rings (SSSR count). The largest absolute Gasteiger partial charge is 0.493 e. The zero-order valence-electron chi connectivity index (χ0n) is 16.2. The van der Waals surface area contributed by atoms with Gasteiger partial charge in [0.1, 0.15) is 11.4 Å². The maximum atomic E-state index is 12.4. The number of nitrogens with zero attached hydrogens (tertiary/aromatic N) is 1. The van der Waals surface area contributed by atoms with Crippen molar-refractivity contribution in [3.05, 3.63) is 40.8 Å². The Morgan fingerprint density at radius 2 is 2.00 bits per heavy atom. The standard InChI is InChI=1S/C20H24N2O5S/c1-4-28(25,26)16-7-8-19(27-12-14-5-6-14)17(10-16)15-9-18(21-13(2)23)20(24)22(3)11-15/h7-11,14H,4-6,12H2,1-3H3,(H,21,23). The summed E-state index contributed by atoms with van der Waals surface area (Å²) in [5.41, 5.74) is 0.934. The van der Waals surface area contributed by atoms with E-state index in [0.717, 1.165) is 12.8 Å². The number of anilines is 1. The first-order valence-corrected chi connectivity index (χ1v) is 10.8. The van der Waals surface area contributed by atoms with E-state index in [1.807, 2.05) is 0 Å². The Labute approximate surface area is 164 Å². The Balaban J connectivity index is 2.13. The molecule has 2 aromatic rings. The van der Waals surface area contributed by atoms with Crippen molar-refractivity contribution in [2.45, 2.75) is 31.6 Å². The van der Waals surface area contributed by atoms with Gasteiger partial charge in [0.05, 0.1) is 17.3 Å². The van der Waals surface area contributed by atoms with Crippen LogP contribution < -0.4 is 15.6 Å². The van der Waals surface area contributed by atoms with Gasteiger partial charge in [0.15, 0.2) is 9.84 Å². The lowest BCUT2D eigenvalue weighted by Gasteiger charge is -2.15. The van der Waals surface area contributed by atoms with Crippen LogP contribution in [0.5, 0.6) is 5.75 Å². The van der Waals surface area contributed by atoms with E-state index in [-0.39, 0.29) is 27.8 Å². The van der Waals surface area contributed by atoms with Crippen molar-refractivity contribution in [3.8, 4) is 16.9 Å². The minimum atomic E-state index is -3.41. The number of aromatic nitrogens is 1. The third-order valence-corrected chi connectivity index (χ3v) is 6.40. The van der Waals surface area contributed by atoms with Crippen LogP contribution in [0.4, 0.5) is 5.69 Å². The molecule has 0 saturated heterocycles. The Morgan fingerprint density at radius 3 is 2.61 bits per heavy atom. The number of ether oxygens (including phenoxy) is 1. The quantitative estimate of drug-likeness (QED) is 0.765. The number of hydrogen-bond acceptors (Lipinski definition) is 5. The van der Waals surface area contributed by atoms with E-state index in [0.29, 0.717) is 29.4 Å². The molecule has 0 aliphatic heterocycles. The second-order valence-corrected chi connectivity index (χ2v) is 9.33. The van der Waals surface area contributed by atoms with Crippen LogP contribution in [0.1, 0.15) is 26.7 Å². The summed E-state index contributed by atoms with van der Waals surface area (Å²) in [6, 6.07) is 6.31. The SMILES string of the molecule is CCS(=O)(=O)c1ccc(OCC2CC2)c(-c2cc(NC(C)=O)c(=O)n(C)c2)c1. The highest BCUT2D eigenvalue weighted by atomic mass is 32.2. The number of aryl methyl sites for hydroxylation is 1. The number of amides is 1. The lowest BCUT2D eigenvalue weighted by atomic mass is 10.1. The predicted octanol–water partition coefficient (Wildman–Crippen LogP) is 2.59. The minimum absolute atomic E-state index is 0.0147. The molecule has 1 fully saturated rings. The fourth-order valence-corrected chi connectivity index (χ4v) is 3.76. The molecule has 8 heteroatoms. The predicted molar refractivity (Wildman–Crippen MR) is 107 cm³/mol. The summed E-state index contributed by atoms with van der Waals surface area (Å²) >= 11 is 0. The van der Waals surface area contributed by atoms with Crippen molar-refractivity contribution in [3.63, 3.8) is 0 Å². The molecule has 1 N–H and O–H groups in total. The molecule has 0 spiro atoms. The highest BCUT2D eigenvalue weighted by Gasteiger charge is 2.23. The van der Waals surface area contributed by atoms with Crippen LogP contribution in [-0.2, 0) is 21.7 Å². The number of nitrogens with one attached hydrogen (secondary N) is 1. The molecule has 0 bridgehead atoms. The third-order valence-electron chi connectivity index (χ3n) is 4.67. The number of carbonyl (C=O) groups is 1. The van der Waals surface area contributed by atoms with Gasteiger partial charge in [-0.15, -0.1) is 0 Å². The topological polar surface area (TPSA) is 94.5 Å². The maximum Gasteiger partial charge on any atom is 0.274 e. The molecule has 1 heterocycles. The molecule has 1 aromatic heterocycles. The molecule has 28 heavy (non-hydrogen) atoms. The van der Waals surface area contributed by atoms with Crippen LogP contribution in [0.3, 0.4) is 0 Å². The second kappa shape index (κ2) is 7.79. The van der Waals surface area contributed by atoms with E-state index in [9.17, 15) is 18.0 Å². The van der Waals surface area contributed by atoms with E-state index in [1.54, 1.807) is 44.4 Å². The zero-order chi connectivity index (χ0) is 20.5. The average Bonchev–Trinajstić information content (AvgIpc) is 3.47. The van der Waals surface area contributed by atoms with Crippen LogP contribution in [0.2, 0.25) is 0 Å². The van der Waals surface area contributed by atoms with Crippen LogP contribution in [0, 0.1) is 5.92 Å². The van der Waals surface area contributed by atoms with E-state index in [2.05, 4.69) is 5.32 Å². The molecule has 7 nitrogen and oxygen atoms in total. The van der Waals surface area contributed by atoms with Crippen molar-refractivity contribution < 1.29 is 17.9 Å². The minimum Gasteiger partial charge on any atom is -0.493 e. The van der Waals surface area contributed by atoms with Crippen LogP contribution in [0.25, 0.3) is 11.1 Å². The Morgan fingerprint density at radius 1 is 1.29 bits per heavy atom. The Hall–Kier alpha value is -2.61. The summed E-state index contributed by atoms with van der Waals surface area (Å²) in [7, 11) is -1.83. The average molecular weight is 404 g/mol. The first kappa shape index (κ1) is 20.1. The molecule has 0 unspecified atom stereocenters. The fraction of sp³-hybridized carbons (Fsp3) is 0.400. The molecule has 0 radical (unpaired) electrons. The van der Waals surface area contributed by atoms with E-state index >= 15 is 0 Å². The fourth-order valence-electron chi connectivity index (χ4n) is 2.85. The van der Waals surface area contributed by atoms with Crippen molar-refractivity contribution in [2.75, 3.05) is 17.7 Å². The first-order chi connectivity index (χ1) is 13.2. The smallest absolute Gasteiger partial charge is 0.274 e. The van der Waals surface area contributed by atoms with Crippen LogP contribution in [0.15, 0.2) is 40.2 Å². The van der Waals surface area contributed by atoms with Gasteiger partial charge < -0.3 is 14.6 Å². The molecule has 150 valence electrons. The molecular formula is C20H24N2O5S. The van der Waals surface area contributed by atoms with Crippen molar-refractivity contribution in [2.24, 2.45) is 13.0 Å². The van der Waals surface area contributed by atoms with Crippen LogP contribution >= 0.6 is 0 Å². The van der Waals surface area contributed by atoms with Gasteiger partial charge in [0.2, 0.25) is 5.91 Å². The van der Waals surface area contributed by atoms with Gasteiger partial charge in [-0.3, -0.25) is 9.59 Å². The van der Waals surface area contributed by atoms with Gasteiger partial charge in [0, 0.05) is 31.3 Å². The molecule has 1 aliphatic rings. The molecule has 0 atom stereocenters. The van der Waals surface area contributed by atoms with E-state index in [4.69, 9.17) is 4.74 Å². The Kier molecular flexibility index (Phi) is 5.60. The molecule has 1 amide bonds. The maximum absolute atomic E-state index is 12.4. The van der Waals surface area contributed by atoms with Gasteiger partial charge in [-0.05, 0) is 43.0 Å². The Bertz CT molecular complexity index is 1070. The number of hydrogen-bond donors (Lipinski definition) is 1. The molecule has 1 saturated carbocycles. The lowest BCUT2D eigenvalue weighted by molar-refractivity contribution is -0.114. The highest BCUT2D eigenvalue weighted by molar-refractivity contribution is 7.91. The summed E-state index contributed by atoms with van der Waals surface area (Å²) in [6.07, 6.45) is 3.86. The second-order valence-electron chi connectivity index (χ2n) is 7.06. The van der Waals surface area contributed by atoms with Gasteiger partial charge in [-0.2, -0.15) is 0 Å². The number of carbonyl (C=O) groups excluding carboxylic acids is 1. The van der Waals surface area contributed by atoms with E-state index in [1.165, 1.54) is 11.5 Å². The molecular weight excluding hydrogens is 380 g/mol. The van der Waals surface area contributed by atoms with Crippen LogP contribution in [-0.4, -0.2) is 31.3 Å². The normalized spacial score (nSPS) is 14.0. The number of benzene rings is 1. The van der Waals surface area contributed by atoms with Gasteiger partial charge in [-0.1, -0.05) is 6.92 Å². The molecule has 1 aromatic carbocycles. The number of pyridine rings is 1. The lowest BCUT2D eigenvalue weighted by Crippen LogP contribution is -2.22. The van der Waals surface area contributed by atoms with Gasteiger partial charge >= 0.3 is 0 Å². The van der Waals surface area contributed by atoms with E-state index < -0.39 is 9.84 Å². The summed E-state index contributed by atoms with van der Waals surface area (Å²) in [4.78, 5) is 23.9.